The summed E-state index contributed by atoms with van der Waals surface area (Å²) in [6.45, 7) is 2.28. The summed E-state index contributed by atoms with van der Waals surface area (Å²) >= 11 is 0. The number of amides is 3. The zero-order valence-corrected chi connectivity index (χ0v) is 32.9. The van der Waals surface area contributed by atoms with Crippen molar-refractivity contribution in [1.29, 1.82) is 0 Å². The predicted molar refractivity (Wildman–Crippen MR) is 211 cm³/mol. The number of halogens is 4. The molecule has 3 aromatic heterocycles. The van der Waals surface area contributed by atoms with Crippen molar-refractivity contribution < 1.29 is 36.7 Å². The number of hydrogen-bond donors (Lipinski definition) is 2. The Kier molecular flexibility index (Phi) is 10.7. The van der Waals surface area contributed by atoms with Crippen LogP contribution in [0, 0.1) is 11.7 Å². The van der Waals surface area contributed by atoms with Gasteiger partial charge in [-0.15, -0.1) is 0 Å². The van der Waals surface area contributed by atoms with Crippen molar-refractivity contribution in [2.24, 2.45) is 13.0 Å². The van der Waals surface area contributed by atoms with Gasteiger partial charge in [-0.05, 0) is 88.2 Å². The number of hydrogen-bond acceptors (Lipinski definition) is 9. The number of imide groups is 1. The van der Waals surface area contributed by atoms with Crippen LogP contribution in [-0.4, -0.2) is 86.4 Å². The molecule has 312 valence electrons. The van der Waals surface area contributed by atoms with Gasteiger partial charge in [0.1, 0.15) is 29.0 Å². The average Bonchev–Trinajstić information content (AvgIpc) is 3.74. The van der Waals surface area contributed by atoms with Crippen molar-refractivity contribution in [2.75, 3.05) is 44.0 Å². The fraction of sp³-hybridized carbons (Fsp3) is 0.463. The predicted octanol–water partition coefficient (Wildman–Crippen LogP) is 5.81. The molecule has 2 saturated heterocycles. The Morgan fingerprint density at radius 1 is 1.02 bits per heavy atom. The molecule has 2 aliphatic heterocycles. The molecule has 1 atom stereocenters. The lowest BCUT2D eigenvalue weighted by molar-refractivity contribution is -0.141. The molecule has 3 fully saturated rings. The van der Waals surface area contributed by atoms with Crippen LogP contribution in [-0.2, 0) is 22.8 Å². The molecule has 14 nitrogen and oxygen atoms in total. The molecule has 3 aliphatic rings. The largest absolute Gasteiger partial charge is 0.494 e. The van der Waals surface area contributed by atoms with Crippen LogP contribution in [0.15, 0.2) is 53.5 Å². The number of aryl methyl sites for hydroxylation is 1. The number of piperidine rings is 2. The number of aromatic nitrogens is 5. The molecule has 5 heterocycles. The van der Waals surface area contributed by atoms with Crippen LogP contribution in [0.4, 0.5) is 28.9 Å². The summed E-state index contributed by atoms with van der Waals surface area (Å²) in [7, 11) is 5.22. The third kappa shape index (κ3) is 7.89. The topological polar surface area (TPSA) is 149 Å². The summed E-state index contributed by atoms with van der Waals surface area (Å²) < 4.78 is 64.9. The zero-order valence-electron chi connectivity index (χ0n) is 32.9. The first-order chi connectivity index (χ1) is 28.2. The minimum absolute atomic E-state index is 0.102. The second-order valence-electron chi connectivity index (χ2n) is 15.9. The van der Waals surface area contributed by atoms with Crippen LogP contribution in [0.5, 0.6) is 5.75 Å². The molecular formula is C41H45F4N9O5. The van der Waals surface area contributed by atoms with E-state index < -0.39 is 41.2 Å². The lowest BCUT2D eigenvalue weighted by atomic mass is 9.85. The van der Waals surface area contributed by atoms with Gasteiger partial charge in [0.05, 0.1) is 41.1 Å². The highest BCUT2D eigenvalue weighted by molar-refractivity contribution is 6.05. The number of fused-ring (bicyclic) bond motifs is 2. The first kappa shape index (κ1) is 40.0. The number of imidazole rings is 1. The molecule has 0 bridgehead atoms. The molecule has 59 heavy (non-hydrogen) atoms. The number of nitrogens with zero attached hydrogens (tertiary/aromatic N) is 7. The highest BCUT2D eigenvalue weighted by Gasteiger charge is 2.35. The maximum Gasteiger partial charge on any atom is 0.433 e. The van der Waals surface area contributed by atoms with Crippen LogP contribution in [0.2, 0.25) is 0 Å². The third-order valence-electron chi connectivity index (χ3n) is 12.2. The van der Waals surface area contributed by atoms with E-state index in [1.54, 1.807) is 19.2 Å². The van der Waals surface area contributed by atoms with E-state index in [1.165, 1.54) is 34.4 Å². The maximum absolute atomic E-state index is 15.2. The number of methoxy groups -OCH3 is 1. The summed E-state index contributed by atoms with van der Waals surface area (Å²) in [6.07, 6.45) is 3.11. The molecule has 8 rings (SSSR count). The summed E-state index contributed by atoms with van der Waals surface area (Å²) in [4.78, 5) is 58.8. The van der Waals surface area contributed by atoms with Gasteiger partial charge in [-0.2, -0.15) is 18.3 Å². The Morgan fingerprint density at radius 2 is 1.76 bits per heavy atom. The maximum atomic E-state index is 15.2. The molecular weight excluding hydrogens is 775 g/mol. The molecule has 1 aliphatic carbocycles. The first-order valence-corrected chi connectivity index (χ1v) is 19.8. The SMILES string of the molecule is COc1cc2nn([C@H]3CC[C@H](CN(C)C4CCN(c5cc(F)cc6c5n(C)c(=O)n6C5CCC(=O)NC5=O)CC4)CC3)cc2cc1NC(=O)c1cccc(C(F)(F)F)n1. The minimum Gasteiger partial charge on any atom is -0.494 e. The van der Waals surface area contributed by atoms with Crippen LogP contribution in [0.25, 0.3) is 21.9 Å². The van der Waals surface area contributed by atoms with E-state index >= 15 is 4.39 Å². The third-order valence-corrected chi connectivity index (χ3v) is 12.2. The number of rotatable bonds is 9. The van der Waals surface area contributed by atoms with Gasteiger partial charge < -0.3 is 19.9 Å². The van der Waals surface area contributed by atoms with Gasteiger partial charge in [-0.25, -0.2) is 14.2 Å². The summed E-state index contributed by atoms with van der Waals surface area (Å²) in [5, 5.41) is 10.5. The summed E-state index contributed by atoms with van der Waals surface area (Å²) in [5.41, 5.74) is 0.515. The van der Waals surface area contributed by atoms with Crippen molar-refractivity contribution in [3.05, 3.63) is 76.4 Å². The van der Waals surface area contributed by atoms with Crippen molar-refractivity contribution >= 4 is 51.0 Å². The molecule has 1 unspecified atom stereocenters. The summed E-state index contributed by atoms with van der Waals surface area (Å²) in [6, 6.07) is 8.92. The van der Waals surface area contributed by atoms with E-state index in [0.717, 1.165) is 62.6 Å². The normalized spacial score (nSPS) is 20.7. The molecule has 18 heteroatoms. The van der Waals surface area contributed by atoms with Crippen molar-refractivity contribution in [2.45, 2.75) is 75.7 Å². The highest BCUT2D eigenvalue weighted by Crippen LogP contribution is 2.37. The number of benzene rings is 2. The van der Waals surface area contributed by atoms with Gasteiger partial charge in [0.25, 0.3) is 5.91 Å². The van der Waals surface area contributed by atoms with Gasteiger partial charge in [0.15, 0.2) is 0 Å². The zero-order chi connectivity index (χ0) is 41.7. The Hall–Kier alpha value is -5.78. The summed E-state index contributed by atoms with van der Waals surface area (Å²) in [5.74, 6) is -1.43. The molecule has 3 amide bonds. The number of carbonyl (C=O) groups excluding carboxylic acids is 3. The lowest BCUT2D eigenvalue weighted by Crippen LogP contribution is -2.45. The lowest BCUT2D eigenvalue weighted by Gasteiger charge is -2.40. The molecule has 5 aromatic rings. The number of nitrogens with one attached hydrogen (secondary N) is 2. The fourth-order valence-corrected chi connectivity index (χ4v) is 9.06. The molecule has 0 spiro atoms. The quantitative estimate of drug-likeness (QED) is 0.139. The average molecular weight is 820 g/mol. The van der Waals surface area contributed by atoms with E-state index in [0.29, 0.717) is 58.7 Å². The Labute approximate surface area is 336 Å². The van der Waals surface area contributed by atoms with Gasteiger partial charge >= 0.3 is 11.9 Å². The first-order valence-electron chi connectivity index (χ1n) is 19.8. The van der Waals surface area contributed by atoms with Crippen molar-refractivity contribution in [1.82, 2.24) is 34.1 Å². The van der Waals surface area contributed by atoms with Crippen molar-refractivity contribution in [3.8, 4) is 5.75 Å². The minimum atomic E-state index is -4.68. The van der Waals surface area contributed by atoms with E-state index in [1.807, 2.05) is 10.9 Å². The monoisotopic (exact) mass is 819 g/mol. The molecule has 1 saturated carbocycles. The number of ether oxygens (including phenoxy) is 1. The van der Waals surface area contributed by atoms with E-state index in [4.69, 9.17) is 9.84 Å². The van der Waals surface area contributed by atoms with Crippen LogP contribution < -0.4 is 26.0 Å². The smallest absolute Gasteiger partial charge is 0.433 e. The van der Waals surface area contributed by atoms with Crippen LogP contribution in [0.1, 0.15) is 79.6 Å². The van der Waals surface area contributed by atoms with E-state index in [2.05, 4.69) is 32.5 Å². The van der Waals surface area contributed by atoms with Gasteiger partial charge in [-0.1, -0.05) is 6.07 Å². The molecule has 2 N–H and O–H groups in total. The number of alkyl halides is 3. The fourth-order valence-electron chi connectivity index (χ4n) is 9.06. The second kappa shape index (κ2) is 15.8. The standard InChI is InChI=1S/C41H45F4N9O5/c1-50(26-13-15-52(16-14-26)32-18-25(42)19-33-37(32)51(2)40(58)54(33)31-11-12-36(55)48-39(31)57)21-23-7-9-27(10-8-23)53-22-24-17-30(34(59-3)20-29(24)49-53)47-38(56)28-5-4-6-35(46-28)41(43,44)45/h4-6,17-20,22-23,26-27,31H,7-16,21H2,1-3H3,(H,47,56)(H,48,55,57)/t23-,27-,31?. The Morgan fingerprint density at radius 3 is 2.46 bits per heavy atom. The van der Waals surface area contributed by atoms with E-state index in [9.17, 15) is 32.3 Å². The van der Waals surface area contributed by atoms with Crippen LogP contribution in [0.3, 0.4) is 0 Å². The number of pyridine rings is 1. The second-order valence-corrected chi connectivity index (χ2v) is 15.9. The highest BCUT2D eigenvalue weighted by atomic mass is 19.4. The van der Waals surface area contributed by atoms with E-state index in [-0.39, 0.29) is 30.5 Å². The van der Waals surface area contributed by atoms with Crippen molar-refractivity contribution in [3.63, 3.8) is 0 Å². The number of carbonyl (C=O) groups is 3. The Balaban J connectivity index is 0.875. The van der Waals surface area contributed by atoms with Crippen LogP contribution >= 0.6 is 0 Å². The molecule has 2 aromatic carbocycles. The van der Waals surface area contributed by atoms with Gasteiger partial charge in [-0.3, -0.25) is 33.5 Å². The van der Waals surface area contributed by atoms with Gasteiger partial charge in [0, 0.05) is 56.8 Å². The Bertz CT molecular complexity index is 2500. The number of anilines is 2. The van der Waals surface area contributed by atoms with Gasteiger partial charge in [0.2, 0.25) is 11.8 Å². The molecule has 0 radical (unpaired) electrons.